The maximum Gasteiger partial charge on any atom is 0.429 e. The summed E-state index contributed by atoms with van der Waals surface area (Å²) in [6.07, 6.45) is 1.42. The highest BCUT2D eigenvalue weighted by Gasteiger charge is 2.13. The molecule has 12 heavy (non-hydrogen) atoms. The van der Waals surface area contributed by atoms with E-state index in [2.05, 4.69) is 9.97 Å². The number of anilines is 1. The van der Waals surface area contributed by atoms with Gasteiger partial charge in [-0.15, -0.1) is 0 Å². The van der Waals surface area contributed by atoms with Crippen molar-refractivity contribution < 1.29 is 14.4 Å². The molecule has 0 aliphatic heterocycles. The zero-order chi connectivity index (χ0) is 9.19. The van der Waals surface area contributed by atoms with Gasteiger partial charge in [0.1, 0.15) is 0 Å². The maximum atomic E-state index is 10.4. The Morgan fingerprint density at radius 2 is 2.25 bits per heavy atom. The molecule has 1 aromatic rings. The molecule has 0 saturated carbocycles. The van der Waals surface area contributed by atoms with Gasteiger partial charge in [-0.1, -0.05) is 0 Å². The summed E-state index contributed by atoms with van der Waals surface area (Å²) in [7, 11) is -4.28. The van der Waals surface area contributed by atoms with E-state index in [1.54, 1.807) is 13.0 Å². The molecule has 0 spiro atoms. The molecule has 6 nitrogen and oxygen atoms in total. The van der Waals surface area contributed by atoms with Gasteiger partial charge in [0.2, 0.25) is 5.95 Å². The molecule has 0 fully saturated rings. The van der Waals surface area contributed by atoms with Crippen LogP contribution in [0.5, 0.6) is 0 Å². The number of rotatable bonds is 2. The van der Waals surface area contributed by atoms with Crippen LogP contribution in [0.15, 0.2) is 12.3 Å². The van der Waals surface area contributed by atoms with E-state index in [0.29, 0.717) is 5.69 Å². The van der Waals surface area contributed by atoms with Crippen molar-refractivity contribution in [2.24, 2.45) is 0 Å². The lowest BCUT2D eigenvalue weighted by atomic mass is 10.5. The Morgan fingerprint density at radius 3 is 2.75 bits per heavy atom. The summed E-state index contributed by atoms with van der Waals surface area (Å²) in [5.74, 6) is -0.0664. The van der Waals surface area contributed by atoms with E-state index >= 15 is 0 Å². The van der Waals surface area contributed by atoms with Gasteiger partial charge >= 0.3 is 7.75 Å². The topological polar surface area (TPSA) is 95.3 Å². The first kappa shape index (κ1) is 9.12. The van der Waals surface area contributed by atoms with Crippen molar-refractivity contribution >= 4 is 13.7 Å². The minimum Gasteiger partial charge on any atom is -0.308 e. The van der Waals surface area contributed by atoms with E-state index in [9.17, 15) is 4.57 Å². The second-order valence-electron chi connectivity index (χ2n) is 2.18. The summed E-state index contributed by atoms with van der Waals surface area (Å²) in [6, 6.07) is 1.63. The van der Waals surface area contributed by atoms with Crippen molar-refractivity contribution in [2.75, 3.05) is 5.09 Å². The molecule has 0 aromatic carbocycles. The molecule has 3 N–H and O–H groups in total. The third kappa shape index (κ3) is 2.96. The predicted molar refractivity (Wildman–Crippen MR) is 42.4 cm³/mol. The summed E-state index contributed by atoms with van der Waals surface area (Å²) in [5, 5.41) is 1.87. The van der Waals surface area contributed by atoms with Gasteiger partial charge < -0.3 is 9.79 Å². The number of aromatic nitrogens is 2. The van der Waals surface area contributed by atoms with Crippen molar-refractivity contribution in [2.45, 2.75) is 6.92 Å². The highest BCUT2D eigenvalue weighted by molar-refractivity contribution is 7.53. The normalized spacial score (nSPS) is 11.2. The van der Waals surface area contributed by atoms with Gasteiger partial charge in [-0.05, 0) is 13.0 Å². The quantitative estimate of drug-likeness (QED) is 0.578. The number of nitrogens with zero attached hydrogens (tertiary/aromatic N) is 2. The van der Waals surface area contributed by atoms with Gasteiger partial charge in [0.05, 0.1) is 0 Å². The molecule has 1 rings (SSSR count). The van der Waals surface area contributed by atoms with E-state index in [-0.39, 0.29) is 5.95 Å². The van der Waals surface area contributed by atoms with Crippen molar-refractivity contribution in [3.8, 4) is 0 Å². The van der Waals surface area contributed by atoms with Gasteiger partial charge in [0, 0.05) is 11.9 Å². The van der Waals surface area contributed by atoms with Gasteiger partial charge in [0.25, 0.3) is 0 Å². The van der Waals surface area contributed by atoms with E-state index < -0.39 is 7.75 Å². The predicted octanol–water partition coefficient (Wildman–Crippen LogP) is 0.290. The fourth-order valence-corrected chi connectivity index (χ4v) is 1.00. The lowest BCUT2D eigenvalue weighted by Crippen LogP contribution is -2.00. The monoisotopic (exact) mass is 189 g/mol. The van der Waals surface area contributed by atoms with Crippen LogP contribution >= 0.6 is 7.75 Å². The third-order valence-corrected chi connectivity index (χ3v) is 1.53. The van der Waals surface area contributed by atoms with Crippen LogP contribution in [0.2, 0.25) is 0 Å². The third-order valence-electron chi connectivity index (χ3n) is 1.04. The van der Waals surface area contributed by atoms with Crippen molar-refractivity contribution in [1.82, 2.24) is 9.97 Å². The van der Waals surface area contributed by atoms with E-state index in [4.69, 9.17) is 9.79 Å². The molecule has 0 unspecified atom stereocenters. The minimum absolute atomic E-state index is 0.0664. The number of hydrogen-bond acceptors (Lipinski definition) is 3. The first-order valence-corrected chi connectivity index (χ1v) is 4.72. The van der Waals surface area contributed by atoms with Gasteiger partial charge in [-0.3, -0.25) is 5.09 Å². The lowest BCUT2D eigenvalue weighted by Gasteiger charge is -2.04. The average molecular weight is 189 g/mol. The number of hydrogen-bond donors (Lipinski definition) is 3. The largest absolute Gasteiger partial charge is 0.429 e. The zero-order valence-corrected chi connectivity index (χ0v) is 7.19. The summed E-state index contributed by atoms with van der Waals surface area (Å²) in [6.45, 7) is 1.70. The standard InChI is InChI=1S/C5H8N3O3P/c1-4-2-3-6-5(7-4)8-12(9,10)11/h2-3H,1H3,(H3,6,7,8,9,10,11). The summed E-state index contributed by atoms with van der Waals surface area (Å²) in [4.78, 5) is 24.3. The first-order valence-electron chi connectivity index (χ1n) is 3.11. The van der Waals surface area contributed by atoms with E-state index in [1.807, 2.05) is 5.09 Å². The summed E-state index contributed by atoms with van der Waals surface area (Å²) < 4.78 is 10.4. The smallest absolute Gasteiger partial charge is 0.308 e. The molecule has 0 aliphatic carbocycles. The lowest BCUT2D eigenvalue weighted by molar-refractivity contribution is 0.380. The molecular formula is C5H8N3O3P. The SMILES string of the molecule is Cc1ccnc(NP(=O)(O)O)n1. The Kier molecular flexibility index (Phi) is 2.42. The van der Waals surface area contributed by atoms with Crippen LogP contribution in [0.3, 0.4) is 0 Å². The second-order valence-corrected chi connectivity index (χ2v) is 3.49. The molecule has 7 heteroatoms. The Labute approximate surface area is 68.9 Å². The van der Waals surface area contributed by atoms with Gasteiger partial charge in [-0.2, -0.15) is 0 Å². The molecule has 0 radical (unpaired) electrons. The van der Waals surface area contributed by atoms with Crippen LogP contribution in [-0.4, -0.2) is 19.8 Å². The maximum absolute atomic E-state index is 10.4. The molecule has 0 bridgehead atoms. The molecule has 0 aliphatic rings. The first-order chi connectivity index (χ1) is 5.47. The number of nitrogens with one attached hydrogen (secondary N) is 1. The van der Waals surface area contributed by atoms with E-state index in [0.717, 1.165) is 0 Å². The van der Waals surface area contributed by atoms with Crippen LogP contribution in [0.25, 0.3) is 0 Å². The molecule has 0 atom stereocenters. The second kappa shape index (κ2) is 3.18. The number of aryl methyl sites for hydroxylation is 1. The van der Waals surface area contributed by atoms with E-state index in [1.165, 1.54) is 6.20 Å². The Balaban J connectivity index is 2.84. The van der Waals surface area contributed by atoms with Crippen LogP contribution in [-0.2, 0) is 4.57 Å². The van der Waals surface area contributed by atoms with Crippen molar-refractivity contribution in [3.05, 3.63) is 18.0 Å². The fraction of sp³-hybridized carbons (Fsp3) is 0.200. The van der Waals surface area contributed by atoms with Crippen molar-refractivity contribution in [3.63, 3.8) is 0 Å². The average Bonchev–Trinajstić information content (AvgIpc) is 1.82. The molecular weight excluding hydrogens is 181 g/mol. The molecule has 1 heterocycles. The molecule has 0 amide bonds. The Bertz CT molecular complexity index is 323. The van der Waals surface area contributed by atoms with Gasteiger partial charge in [-0.25, -0.2) is 14.5 Å². The Morgan fingerprint density at radius 1 is 1.58 bits per heavy atom. The minimum atomic E-state index is -4.28. The highest BCUT2D eigenvalue weighted by Crippen LogP contribution is 2.33. The highest BCUT2D eigenvalue weighted by atomic mass is 31.2. The molecule has 66 valence electrons. The fourth-order valence-electron chi connectivity index (χ4n) is 0.633. The van der Waals surface area contributed by atoms with Crippen LogP contribution in [0.4, 0.5) is 5.95 Å². The van der Waals surface area contributed by atoms with Crippen molar-refractivity contribution in [1.29, 1.82) is 0 Å². The van der Waals surface area contributed by atoms with Crippen LogP contribution in [0, 0.1) is 6.92 Å². The zero-order valence-electron chi connectivity index (χ0n) is 6.30. The summed E-state index contributed by atoms with van der Waals surface area (Å²) >= 11 is 0. The van der Waals surface area contributed by atoms with Gasteiger partial charge in [0.15, 0.2) is 0 Å². The molecule has 1 aromatic heterocycles. The van der Waals surface area contributed by atoms with Crippen LogP contribution < -0.4 is 5.09 Å². The Hall–Kier alpha value is -0.970. The van der Waals surface area contributed by atoms with Crippen LogP contribution in [0.1, 0.15) is 5.69 Å². The summed E-state index contributed by atoms with van der Waals surface area (Å²) in [5.41, 5.74) is 0.640. The molecule has 0 saturated heterocycles.